The molecule has 3 heterocycles. The molecule has 5 aromatic rings. The number of aromatic nitrogens is 3. The Morgan fingerprint density at radius 2 is 1.95 bits per heavy atom. The standard InChI is InChI=1S/C31H36N6O2S/c1-23-27(25-5-2-6-26(18-25)39-16-4-9-32-10-13-37-14-11-34-22-37)7-3-8-28(23)36-29-21-40-30-17-24(19-33-12-15-38)20-35-31(29)30/h2-3,5-8,11,14,17-18,20-22,32-33,36,38H,4,9-10,12-13,15-16,19H2,1H3. The van der Waals surface area contributed by atoms with E-state index in [1.54, 1.807) is 17.5 Å². The molecular formula is C31H36N6O2S. The highest BCUT2D eigenvalue weighted by molar-refractivity contribution is 7.17. The molecule has 0 aliphatic carbocycles. The first-order chi connectivity index (χ1) is 19.7. The van der Waals surface area contributed by atoms with Gasteiger partial charge in [0.15, 0.2) is 0 Å². The predicted molar refractivity (Wildman–Crippen MR) is 164 cm³/mol. The normalized spacial score (nSPS) is 11.2. The molecule has 0 aliphatic heterocycles. The number of pyridine rings is 1. The van der Waals surface area contributed by atoms with Gasteiger partial charge in [-0.05, 0) is 66.4 Å². The fraction of sp³-hybridized carbons (Fsp3) is 0.290. The van der Waals surface area contributed by atoms with Gasteiger partial charge in [0.2, 0.25) is 0 Å². The number of anilines is 2. The van der Waals surface area contributed by atoms with Crippen LogP contribution >= 0.6 is 11.3 Å². The number of fused-ring (bicyclic) bond motifs is 1. The molecule has 208 valence electrons. The number of hydrogen-bond donors (Lipinski definition) is 4. The van der Waals surface area contributed by atoms with E-state index >= 15 is 0 Å². The van der Waals surface area contributed by atoms with E-state index in [1.165, 1.54) is 11.1 Å². The summed E-state index contributed by atoms with van der Waals surface area (Å²) in [4.78, 5) is 8.79. The molecule has 0 atom stereocenters. The van der Waals surface area contributed by atoms with Crippen LogP contribution in [0.4, 0.5) is 11.4 Å². The lowest BCUT2D eigenvalue weighted by molar-refractivity contribution is 0.292. The van der Waals surface area contributed by atoms with Gasteiger partial charge in [-0.1, -0.05) is 24.3 Å². The summed E-state index contributed by atoms with van der Waals surface area (Å²) in [6.45, 7) is 6.95. The van der Waals surface area contributed by atoms with Gasteiger partial charge >= 0.3 is 0 Å². The van der Waals surface area contributed by atoms with Crippen molar-refractivity contribution in [2.75, 3.05) is 38.2 Å². The lowest BCUT2D eigenvalue weighted by Crippen LogP contribution is -2.22. The molecule has 0 saturated heterocycles. The fourth-order valence-electron chi connectivity index (χ4n) is 4.57. The number of ether oxygens (including phenoxy) is 1. The van der Waals surface area contributed by atoms with E-state index in [-0.39, 0.29) is 6.61 Å². The second kappa shape index (κ2) is 14.0. The Bertz CT molecular complexity index is 1500. The molecule has 0 radical (unpaired) electrons. The third-order valence-electron chi connectivity index (χ3n) is 6.71. The van der Waals surface area contributed by atoms with Gasteiger partial charge < -0.3 is 30.4 Å². The van der Waals surface area contributed by atoms with Crippen LogP contribution in [0.5, 0.6) is 5.75 Å². The van der Waals surface area contributed by atoms with Crippen LogP contribution in [0, 0.1) is 6.92 Å². The average Bonchev–Trinajstić information content (AvgIpc) is 3.64. The van der Waals surface area contributed by atoms with Gasteiger partial charge in [0, 0.05) is 55.8 Å². The molecule has 40 heavy (non-hydrogen) atoms. The molecule has 3 aromatic heterocycles. The SMILES string of the molecule is Cc1c(Nc2csc3cc(CNCCO)cnc23)cccc1-c1cccc(OCCCNCCn2ccnc2)c1. The number of rotatable bonds is 15. The molecule has 0 unspecified atom stereocenters. The Kier molecular flexibility index (Phi) is 9.76. The molecule has 2 aromatic carbocycles. The third kappa shape index (κ3) is 7.25. The van der Waals surface area contributed by atoms with E-state index in [9.17, 15) is 0 Å². The first kappa shape index (κ1) is 27.8. The molecule has 5 rings (SSSR count). The highest BCUT2D eigenvalue weighted by Crippen LogP contribution is 2.35. The number of aliphatic hydroxyl groups is 1. The number of benzene rings is 2. The third-order valence-corrected chi connectivity index (χ3v) is 7.63. The first-order valence-electron chi connectivity index (χ1n) is 13.7. The zero-order valence-electron chi connectivity index (χ0n) is 22.8. The minimum absolute atomic E-state index is 0.130. The van der Waals surface area contributed by atoms with Crippen LogP contribution in [0.15, 0.2) is 78.8 Å². The lowest BCUT2D eigenvalue weighted by atomic mass is 9.99. The van der Waals surface area contributed by atoms with E-state index in [0.29, 0.717) is 19.7 Å². The van der Waals surface area contributed by atoms with E-state index in [4.69, 9.17) is 14.8 Å². The quantitative estimate of drug-likeness (QED) is 0.129. The van der Waals surface area contributed by atoms with Crippen LogP contribution in [0.1, 0.15) is 17.5 Å². The minimum atomic E-state index is 0.130. The molecule has 4 N–H and O–H groups in total. The van der Waals surface area contributed by atoms with E-state index in [0.717, 1.165) is 64.5 Å². The summed E-state index contributed by atoms with van der Waals surface area (Å²) in [5.74, 6) is 0.881. The van der Waals surface area contributed by atoms with Crippen molar-refractivity contribution in [3.8, 4) is 16.9 Å². The largest absolute Gasteiger partial charge is 0.494 e. The van der Waals surface area contributed by atoms with Gasteiger partial charge in [0.1, 0.15) is 11.3 Å². The van der Waals surface area contributed by atoms with Crippen molar-refractivity contribution in [2.45, 2.75) is 26.4 Å². The minimum Gasteiger partial charge on any atom is -0.494 e. The van der Waals surface area contributed by atoms with Crippen LogP contribution < -0.4 is 20.7 Å². The second-order valence-corrected chi connectivity index (χ2v) is 10.5. The number of thiophene rings is 1. The molecule has 0 saturated carbocycles. The molecule has 8 nitrogen and oxygen atoms in total. The maximum absolute atomic E-state index is 8.98. The summed E-state index contributed by atoms with van der Waals surface area (Å²) in [5.41, 5.74) is 7.60. The number of nitrogens with zero attached hydrogens (tertiary/aromatic N) is 3. The number of hydrogen-bond acceptors (Lipinski definition) is 8. The van der Waals surface area contributed by atoms with E-state index in [2.05, 4.69) is 80.3 Å². The Morgan fingerprint density at radius 1 is 1.02 bits per heavy atom. The fourth-order valence-corrected chi connectivity index (χ4v) is 5.48. The molecule has 0 bridgehead atoms. The molecule has 9 heteroatoms. The number of imidazole rings is 1. The molecular weight excluding hydrogens is 520 g/mol. The monoisotopic (exact) mass is 556 g/mol. The molecule has 0 spiro atoms. The Morgan fingerprint density at radius 3 is 2.83 bits per heavy atom. The Labute approximate surface area is 239 Å². The van der Waals surface area contributed by atoms with Crippen molar-refractivity contribution < 1.29 is 9.84 Å². The van der Waals surface area contributed by atoms with E-state index in [1.807, 2.05) is 24.8 Å². The van der Waals surface area contributed by atoms with Crippen molar-refractivity contribution in [1.29, 1.82) is 0 Å². The molecule has 0 aliphatic rings. The van der Waals surface area contributed by atoms with Crippen LogP contribution in [0.25, 0.3) is 21.3 Å². The zero-order chi connectivity index (χ0) is 27.6. The maximum Gasteiger partial charge on any atom is 0.119 e. The first-order valence-corrected chi connectivity index (χ1v) is 14.5. The summed E-state index contributed by atoms with van der Waals surface area (Å²) in [5, 5.41) is 21.4. The summed E-state index contributed by atoms with van der Waals surface area (Å²) >= 11 is 1.68. The zero-order valence-corrected chi connectivity index (χ0v) is 23.6. The Balaban J connectivity index is 1.18. The van der Waals surface area contributed by atoms with E-state index < -0.39 is 0 Å². The van der Waals surface area contributed by atoms with Crippen molar-refractivity contribution in [2.24, 2.45) is 0 Å². The maximum atomic E-state index is 8.98. The van der Waals surface area contributed by atoms with Crippen molar-refractivity contribution in [3.63, 3.8) is 0 Å². The van der Waals surface area contributed by atoms with Crippen LogP contribution in [0.2, 0.25) is 0 Å². The lowest BCUT2D eigenvalue weighted by Gasteiger charge is -2.14. The van der Waals surface area contributed by atoms with Gasteiger partial charge in [0.05, 0.1) is 29.9 Å². The Hall–Kier alpha value is -3.76. The number of nitrogens with one attached hydrogen (secondary N) is 3. The van der Waals surface area contributed by atoms with Gasteiger partial charge in [-0.3, -0.25) is 4.98 Å². The van der Waals surface area contributed by atoms with Crippen LogP contribution in [-0.2, 0) is 13.1 Å². The van der Waals surface area contributed by atoms with Gasteiger partial charge in [0.25, 0.3) is 0 Å². The van der Waals surface area contributed by atoms with Crippen LogP contribution in [-0.4, -0.2) is 52.5 Å². The molecule has 0 amide bonds. The van der Waals surface area contributed by atoms with Crippen molar-refractivity contribution >= 4 is 32.9 Å². The van der Waals surface area contributed by atoms with Crippen molar-refractivity contribution in [1.82, 2.24) is 25.2 Å². The summed E-state index contributed by atoms with van der Waals surface area (Å²) < 4.78 is 9.27. The summed E-state index contributed by atoms with van der Waals surface area (Å²) in [7, 11) is 0. The topological polar surface area (TPSA) is 96.3 Å². The predicted octanol–water partition coefficient (Wildman–Crippen LogP) is 5.35. The highest BCUT2D eigenvalue weighted by Gasteiger charge is 2.11. The smallest absolute Gasteiger partial charge is 0.119 e. The van der Waals surface area contributed by atoms with Crippen LogP contribution in [0.3, 0.4) is 0 Å². The second-order valence-electron chi connectivity index (χ2n) is 9.62. The summed E-state index contributed by atoms with van der Waals surface area (Å²) in [6, 6.07) is 16.8. The highest BCUT2D eigenvalue weighted by atomic mass is 32.1. The number of aliphatic hydroxyl groups excluding tert-OH is 1. The average molecular weight is 557 g/mol. The van der Waals surface area contributed by atoms with Crippen molar-refractivity contribution in [3.05, 3.63) is 90.0 Å². The molecule has 0 fully saturated rings. The van der Waals surface area contributed by atoms with Gasteiger partial charge in [-0.25, -0.2) is 4.98 Å². The van der Waals surface area contributed by atoms with Gasteiger partial charge in [-0.15, -0.1) is 11.3 Å². The summed E-state index contributed by atoms with van der Waals surface area (Å²) in [6.07, 6.45) is 8.45. The van der Waals surface area contributed by atoms with Gasteiger partial charge in [-0.2, -0.15) is 0 Å².